The van der Waals surface area contributed by atoms with Crippen LogP contribution in [0.1, 0.15) is 29.8 Å². The van der Waals surface area contributed by atoms with Crippen LogP contribution in [0.15, 0.2) is 47.8 Å². The van der Waals surface area contributed by atoms with Crippen LogP contribution in [0.3, 0.4) is 0 Å². The molecule has 3 N–H and O–H groups in total. The van der Waals surface area contributed by atoms with E-state index in [4.69, 9.17) is 5.73 Å². The zero-order chi connectivity index (χ0) is 14.4. The van der Waals surface area contributed by atoms with Crippen molar-refractivity contribution in [2.45, 2.75) is 31.8 Å². The molecule has 0 fully saturated rings. The number of nitrogens with one attached hydrogen (secondary N) is 1. The first kappa shape index (κ1) is 14.8. The van der Waals surface area contributed by atoms with Crippen LogP contribution in [0.5, 0.6) is 0 Å². The molecule has 0 saturated carbocycles. The lowest BCUT2D eigenvalue weighted by Crippen LogP contribution is -2.42. The average molecular weight is 288 g/mol. The molecule has 1 amide bonds. The Kier molecular flexibility index (Phi) is 5.32. The molecule has 0 aliphatic heterocycles. The van der Waals surface area contributed by atoms with Crippen molar-refractivity contribution in [1.82, 2.24) is 5.32 Å². The summed E-state index contributed by atoms with van der Waals surface area (Å²) in [6.45, 7) is 1.92. The van der Waals surface area contributed by atoms with Gasteiger partial charge in [-0.05, 0) is 29.9 Å². The molecule has 20 heavy (non-hydrogen) atoms. The molecule has 0 spiro atoms. The number of carbonyl (C=O) groups is 1. The third kappa shape index (κ3) is 3.92. The molecule has 2 aromatic rings. The summed E-state index contributed by atoms with van der Waals surface area (Å²) in [5, 5.41) is 5.09. The van der Waals surface area contributed by atoms with Gasteiger partial charge in [0.1, 0.15) is 0 Å². The van der Waals surface area contributed by atoms with Gasteiger partial charge in [-0.1, -0.05) is 43.3 Å². The van der Waals surface area contributed by atoms with Crippen LogP contribution in [-0.4, -0.2) is 11.9 Å². The van der Waals surface area contributed by atoms with Gasteiger partial charge in [-0.15, -0.1) is 11.3 Å². The second-order valence-electron chi connectivity index (χ2n) is 4.78. The molecule has 1 heterocycles. The Balaban J connectivity index is 2.12. The van der Waals surface area contributed by atoms with Gasteiger partial charge in [-0.3, -0.25) is 4.79 Å². The van der Waals surface area contributed by atoms with E-state index in [2.05, 4.69) is 23.5 Å². The first-order valence-corrected chi connectivity index (χ1v) is 7.72. The van der Waals surface area contributed by atoms with Crippen molar-refractivity contribution in [1.29, 1.82) is 0 Å². The monoisotopic (exact) mass is 288 g/mol. The van der Waals surface area contributed by atoms with Gasteiger partial charge in [-0.25, -0.2) is 0 Å². The maximum Gasteiger partial charge on any atom is 0.237 e. The molecule has 2 atom stereocenters. The molecule has 2 rings (SSSR count). The van der Waals surface area contributed by atoms with Crippen molar-refractivity contribution in [3.8, 4) is 0 Å². The van der Waals surface area contributed by atoms with Gasteiger partial charge in [0.2, 0.25) is 5.91 Å². The minimum Gasteiger partial charge on any atom is -0.347 e. The predicted molar refractivity (Wildman–Crippen MR) is 83.6 cm³/mol. The van der Waals surface area contributed by atoms with Crippen molar-refractivity contribution in [3.63, 3.8) is 0 Å². The molecule has 0 aliphatic carbocycles. The highest BCUT2D eigenvalue weighted by Crippen LogP contribution is 2.23. The quantitative estimate of drug-likeness (QED) is 0.858. The molecule has 0 bridgehead atoms. The fourth-order valence-electron chi connectivity index (χ4n) is 2.03. The number of nitrogens with two attached hydrogens (primary N) is 1. The van der Waals surface area contributed by atoms with Crippen molar-refractivity contribution >= 4 is 17.2 Å². The molecular formula is C16H20N2OS. The lowest BCUT2D eigenvalue weighted by atomic mass is 10.0. The zero-order valence-corrected chi connectivity index (χ0v) is 12.4. The van der Waals surface area contributed by atoms with E-state index in [-0.39, 0.29) is 11.9 Å². The van der Waals surface area contributed by atoms with Crippen molar-refractivity contribution in [2.24, 2.45) is 5.73 Å². The van der Waals surface area contributed by atoms with Crippen molar-refractivity contribution in [3.05, 3.63) is 58.3 Å². The van der Waals surface area contributed by atoms with E-state index < -0.39 is 6.04 Å². The van der Waals surface area contributed by atoms with E-state index >= 15 is 0 Å². The molecule has 0 radical (unpaired) electrons. The van der Waals surface area contributed by atoms with E-state index in [0.717, 1.165) is 11.3 Å². The van der Waals surface area contributed by atoms with Gasteiger partial charge in [0.15, 0.2) is 0 Å². The van der Waals surface area contributed by atoms with Crippen LogP contribution in [0.4, 0.5) is 0 Å². The fourth-order valence-corrected chi connectivity index (χ4v) is 2.80. The Morgan fingerprint density at radius 1 is 1.25 bits per heavy atom. The molecule has 0 saturated heterocycles. The van der Waals surface area contributed by atoms with Gasteiger partial charge in [0, 0.05) is 4.88 Å². The summed E-state index contributed by atoms with van der Waals surface area (Å²) in [7, 11) is 0. The van der Waals surface area contributed by atoms with Gasteiger partial charge in [0.05, 0.1) is 12.1 Å². The van der Waals surface area contributed by atoms with Crippen LogP contribution >= 0.6 is 11.3 Å². The Morgan fingerprint density at radius 3 is 2.60 bits per heavy atom. The second kappa shape index (κ2) is 7.22. The third-order valence-corrected chi connectivity index (χ3v) is 4.25. The summed E-state index contributed by atoms with van der Waals surface area (Å²) in [6.07, 6.45) is 1.43. The van der Waals surface area contributed by atoms with Crippen molar-refractivity contribution in [2.75, 3.05) is 0 Å². The summed E-state index contributed by atoms with van der Waals surface area (Å²) in [5.74, 6) is -0.0816. The standard InChI is InChI=1S/C16H20N2OS/c1-2-13(17)16(19)18-14(15-9-6-10-20-15)11-12-7-4-3-5-8-12/h3-10,13-14H,2,11,17H2,1H3,(H,18,19). The number of amides is 1. The third-order valence-electron chi connectivity index (χ3n) is 3.26. The maximum absolute atomic E-state index is 12.0. The number of hydrogen-bond donors (Lipinski definition) is 2. The van der Waals surface area contributed by atoms with E-state index in [1.807, 2.05) is 36.6 Å². The maximum atomic E-state index is 12.0. The number of rotatable bonds is 6. The highest BCUT2D eigenvalue weighted by Gasteiger charge is 2.19. The highest BCUT2D eigenvalue weighted by molar-refractivity contribution is 7.10. The summed E-state index contributed by atoms with van der Waals surface area (Å²) in [5.41, 5.74) is 7.01. The molecule has 1 aromatic carbocycles. The Labute approximate surface area is 123 Å². The number of thiophene rings is 1. The van der Waals surface area contributed by atoms with Crippen LogP contribution in [0.25, 0.3) is 0 Å². The van der Waals surface area contributed by atoms with Gasteiger partial charge < -0.3 is 11.1 Å². The fraction of sp³-hybridized carbons (Fsp3) is 0.312. The zero-order valence-electron chi connectivity index (χ0n) is 11.6. The van der Waals surface area contributed by atoms with Crippen LogP contribution in [0, 0.1) is 0 Å². The normalized spacial score (nSPS) is 13.7. The van der Waals surface area contributed by atoms with Gasteiger partial charge in [0.25, 0.3) is 0 Å². The highest BCUT2D eigenvalue weighted by atomic mass is 32.1. The molecule has 1 aromatic heterocycles. The number of benzene rings is 1. The minimum atomic E-state index is -0.437. The van der Waals surface area contributed by atoms with E-state index in [1.54, 1.807) is 11.3 Å². The SMILES string of the molecule is CCC(N)C(=O)NC(Cc1ccccc1)c1cccs1. The van der Waals surface area contributed by atoms with Crippen molar-refractivity contribution < 1.29 is 4.79 Å². The van der Waals surface area contributed by atoms with Gasteiger partial charge in [-0.2, -0.15) is 0 Å². The van der Waals surface area contributed by atoms with Crippen LogP contribution < -0.4 is 11.1 Å². The van der Waals surface area contributed by atoms with Crippen LogP contribution in [-0.2, 0) is 11.2 Å². The molecule has 2 unspecified atom stereocenters. The Bertz CT molecular complexity index is 525. The summed E-state index contributed by atoms with van der Waals surface area (Å²) in [6, 6.07) is 13.8. The minimum absolute atomic E-state index is 0.0116. The predicted octanol–water partition coefficient (Wildman–Crippen LogP) is 2.89. The topological polar surface area (TPSA) is 55.1 Å². The number of hydrogen-bond acceptors (Lipinski definition) is 3. The van der Waals surface area contributed by atoms with Crippen LogP contribution in [0.2, 0.25) is 0 Å². The Morgan fingerprint density at radius 2 is 2.00 bits per heavy atom. The lowest BCUT2D eigenvalue weighted by Gasteiger charge is -2.20. The molecular weight excluding hydrogens is 268 g/mol. The lowest BCUT2D eigenvalue weighted by molar-refractivity contribution is -0.123. The second-order valence-corrected chi connectivity index (χ2v) is 5.76. The first-order chi connectivity index (χ1) is 9.70. The number of carbonyl (C=O) groups excluding carboxylic acids is 1. The molecule has 106 valence electrons. The molecule has 3 nitrogen and oxygen atoms in total. The summed E-state index contributed by atoms with van der Waals surface area (Å²) >= 11 is 1.66. The summed E-state index contributed by atoms with van der Waals surface area (Å²) < 4.78 is 0. The average Bonchev–Trinajstić information content (AvgIpc) is 3.01. The van der Waals surface area contributed by atoms with E-state index in [0.29, 0.717) is 6.42 Å². The van der Waals surface area contributed by atoms with E-state index in [9.17, 15) is 4.79 Å². The molecule has 4 heteroatoms. The Hall–Kier alpha value is -1.65. The summed E-state index contributed by atoms with van der Waals surface area (Å²) in [4.78, 5) is 13.2. The first-order valence-electron chi connectivity index (χ1n) is 6.84. The largest absolute Gasteiger partial charge is 0.347 e. The van der Waals surface area contributed by atoms with E-state index in [1.165, 1.54) is 5.56 Å². The van der Waals surface area contributed by atoms with Gasteiger partial charge >= 0.3 is 0 Å². The molecule has 0 aliphatic rings. The smallest absolute Gasteiger partial charge is 0.237 e.